The number of hydrogen-bond donors (Lipinski definition) is 0. The Morgan fingerprint density at radius 3 is 2.64 bits per heavy atom. The molecule has 0 heterocycles. The van der Waals surface area contributed by atoms with Crippen LogP contribution in [0.1, 0.15) is 39.0 Å². The third kappa shape index (κ3) is 2.97. The molecule has 0 aromatic rings. The summed E-state index contributed by atoms with van der Waals surface area (Å²) in [6.07, 6.45) is 7.73. The molecule has 0 bridgehead atoms. The lowest BCUT2D eigenvalue weighted by Gasteiger charge is -2.40. The van der Waals surface area contributed by atoms with Gasteiger partial charge in [-0.05, 0) is 38.2 Å². The highest BCUT2D eigenvalue weighted by Crippen LogP contribution is 2.51. The van der Waals surface area contributed by atoms with E-state index >= 15 is 0 Å². The predicted octanol–water partition coefficient (Wildman–Crippen LogP) is 3.83. The van der Waals surface area contributed by atoms with Crippen LogP contribution in [-0.2, 0) is 9.53 Å². The topological polar surface area (TPSA) is 73.9 Å². The minimum atomic E-state index is -1.38. The largest absolute Gasteiger partial charge is 0.465 e. The predicted molar refractivity (Wildman–Crippen MR) is 84.3 cm³/mol. The van der Waals surface area contributed by atoms with Crippen LogP contribution in [0.15, 0.2) is 37.0 Å². The lowest BCUT2D eigenvalue weighted by molar-refractivity contribution is -0.154. The molecule has 1 atom stereocenters. The van der Waals surface area contributed by atoms with Crippen LogP contribution in [0.4, 0.5) is 0 Å². The Labute approximate surface area is 132 Å². The van der Waals surface area contributed by atoms with Gasteiger partial charge in [-0.2, -0.15) is 10.5 Å². The molecule has 116 valence electrons. The normalized spacial score (nSPS) is 21.0. The van der Waals surface area contributed by atoms with E-state index in [2.05, 4.69) is 25.3 Å². The second-order valence-corrected chi connectivity index (χ2v) is 5.43. The second-order valence-electron chi connectivity index (χ2n) is 5.43. The van der Waals surface area contributed by atoms with Crippen LogP contribution in [0.5, 0.6) is 0 Å². The summed E-state index contributed by atoms with van der Waals surface area (Å²) in [6, 6.07) is 4.21. The Morgan fingerprint density at radius 2 is 2.14 bits per heavy atom. The van der Waals surface area contributed by atoms with E-state index in [-0.39, 0.29) is 19.0 Å². The number of ether oxygens (including phenoxy) is 1. The SMILES string of the molecule is C=CCC(C#N)(C#N)C1=CCCCC1(CC=C)C(=O)OCC. The average Bonchev–Trinajstić information content (AvgIpc) is 2.54. The van der Waals surface area contributed by atoms with Crippen LogP contribution in [0.3, 0.4) is 0 Å². The van der Waals surface area contributed by atoms with E-state index in [1.54, 1.807) is 19.1 Å². The van der Waals surface area contributed by atoms with Crippen molar-refractivity contribution in [3.63, 3.8) is 0 Å². The maximum Gasteiger partial charge on any atom is 0.316 e. The molecule has 1 aliphatic carbocycles. The van der Waals surface area contributed by atoms with E-state index in [0.717, 1.165) is 12.8 Å². The molecule has 4 nitrogen and oxygen atoms in total. The van der Waals surface area contributed by atoms with Gasteiger partial charge in [-0.25, -0.2) is 0 Å². The quantitative estimate of drug-likeness (QED) is 0.529. The van der Waals surface area contributed by atoms with Gasteiger partial charge in [-0.1, -0.05) is 18.2 Å². The number of esters is 1. The Hall–Kier alpha value is -2.33. The zero-order chi connectivity index (χ0) is 16.6. The number of carbonyl (C=O) groups excluding carboxylic acids is 1. The highest BCUT2D eigenvalue weighted by molar-refractivity contribution is 5.82. The van der Waals surface area contributed by atoms with Gasteiger partial charge < -0.3 is 4.74 Å². The molecular weight excluding hydrogens is 276 g/mol. The molecule has 1 rings (SSSR count). The van der Waals surface area contributed by atoms with Crippen LogP contribution in [0, 0.1) is 33.5 Å². The fourth-order valence-electron chi connectivity index (χ4n) is 3.15. The smallest absolute Gasteiger partial charge is 0.316 e. The molecule has 0 spiro atoms. The van der Waals surface area contributed by atoms with E-state index in [1.807, 2.05) is 6.08 Å². The van der Waals surface area contributed by atoms with Gasteiger partial charge in [0.1, 0.15) is 0 Å². The fourth-order valence-corrected chi connectivity index (χ4v) is 3.15. The first-order valence-electron chi connectivity index (χ1n) is 7.49. The molecule has 1 unspecified atom stereocenters. The van der Waals surface area contributed by atoms with Crippen LogP contribution in [0.25, 0.3) is 0 Å². The van der Waals surface area contributed by atoms with Crippen molar-refractivity contribution < 1.29 is 9.53 Å². The minimum Gasteiger partial charge on any atom is -0.465 e. The zero-order valence-corrected chi connectivity index (χ0v) is 13.1. The molecule has 0 aromatic carbocycles. The summed E-state index contributed by atoms with van der Waals surface area (Å²) in [5, 5.41) is 19.3. The molecule has 0 aliphatic heterocycles. The van der Waals surface area contributed by atoms with E-state index in [9.17, 15) is 15.3 Å². The van der Waals surface area contributed by atoms with Gasteiger partial charge in [0.15, 0.2) is 5.41 Å². The van der Waals surface area contributed by atoms with Crippen molar-refractivity contribution in [1.82, 2.24) is 0 Å². The Morgan fingerprint density at radius 1 is 1.45 bits per heavy atom. The fraction of sp³-hybridized carbons (Fsp3) is 0.500. The summed E-state index contributed by atoms with van der Waals surface area (Å²) in [4.78, 5) is 12.6. The van der Waals surface area contributed by atoms with E-state index in [4.69, 9.17) is 4.74 Å². The molecule has 0 amide bonds. The van der Waals surface area contributed by atoms with Crippen LogP contribution in [0.2, 0.25) is 0 Å². The third-order valence-corrected chi connectivity index (χ3v) is 4.12. The van der Waals surface area contributed by atoms with E-state index in [0.29, 0.717) is 18.4 Å². The van der Waals surface area contributed by atoms with Gasteiger partial charge in [0.25, 0.3) is 0 Å². The number of allylic oxidation sites excluding steroid dienone is 3. The number of rotatable bonds is 7. The Balaban J connectivity index is 3.50. The van der Waals surface area contributed by atoms with Crippen molar-refractivity contribution in [2.75, 3.05) is 6.61 Å². The number of hydrogen-bond acceptors (Lipinski definition) is 4. The number of nitrogens with zero attached hydrogens (tertiary/aromatic N) is 2. The molecule has 0 fully saturated rings. The maximum absolute atomic E-state index is 12.6. The van der Waals surface area contributed by atoms with Crippen molar-refractivity contribution in [3.05, 3.63) is 37.0 Å². The molecule has 0 N–H and O–H groups in total. The summed E-state index contributed by atoms with van der Waals surface area (Å²) in [7, 11) is 0. The molecule has 0 saturated carbocycles. The Bertz CT molecular complexity index is 549. The van der Waals surface area contributed by atoms with E-state index < -0.39 is 10.8 Å². The number of nitriles is 2. The van der Waals surface area contributed by atoms with Crippen molar-refractivity contribution >= 4 is 5.97 Å². The van der Waals surface area contributed by atoms with Gasteiger partial charge in [-0.3, -0.25) is 4.79 Å². The third-order valence-electron chi connectivity index (χ3n) is 4.12. The molecule has 0 aromatic heterocycles. The van der Waals surface area contributed by atoms with Crippen LogP contribution >= 0.6 is 0 Å². The summed E-state index contributed by atoms with van der Waals surface area (Å²) in [6.45, 7) is 9.39. The van der Waals surface area contributed by atoms with Crippen molar-refractivity contribution in [1.29, 1.82) is 10.5 Å². The summed E-state index contributed by atoms with van der Waals surface area (Å²) in [5.41, 5.74) is -1.79. The summed E-state index contributed by atoms with van der Waals surface area (Å²) < 4.78 is 5.26. The number of carbonyl (C=O) groups is 1. The first-order valence-corrected chi connectivity index (χ1v) is 7.49. The van der Waals surface area contributed by atoms with Crippen molar-refractivity contribution in [2.45, 2.75) is 39.0 Å². The van der Waals surface area contributed by atoms with E-state index in [1.165, 1.54) is 0 Å². The zero-order valence-electron chi connectivity index (χ0n) is 13.1. The molecule has 0 saturated heterocycles. The molecular formula is C18H22N2O2. The Kier molecular flexibility index (Phi) is 6.13. The highest BCUT2D eigenvalue weighted by atomic mass is 16.5. The first kappa shape index (κ1) is 17.7. The average molecular weight is 298 g/mol. The van der Waals surface area contributed by atoms with Crippen LogP contribution < -0.4 is 0 Å². The van der Waals surface area contributed by atoms with Gasteiger partial charge in [0.2, 0.25) is 0 Å². The summed E-state index contributed by atoms with van der Waals surface area (Å²) >= 11 is 0. The molecule has 1 aliphatic rings. The monoisotopic (exact) mass is 298 g/mol. The van der Waals surface area contributed by atoms with Gasteiger partial charge in [-0.15, -0.1) is 13.2 Å². The highest BCUT2D eigenvalue weighted by Gasteiger charge is 2.52. The second kappa shape index (κ2) is 7.61. The standard InChI is InChI=1S/C18H22N2O2/c1-4-10-17(13-19,14-20)15-9-7-8-12-18(15,11-5-2)16(21)22-6-3/h4-5,9H,1-2,6-8,10-12H2,3H3. The first-order chi connectivity index (χ1) is 10.6. The lowest BCUT2D eigenvalue weighted by Crippen LogP contribution is -2.42. The molecule has 4 heteroatoms. The van der Waals surface area contributed by atoms with Gasteiger partial charge in [0.05, 0.1) is 24.2 Å². The minimum absolute atomic E-state index is 0.185. The van der Waals surface area contributed by atoms with Gasteiger partial charge >= 0.3 is 5.97 Å². The van der Waals surface area contributed by atoms with Crippen molar-refractivity contribution in [3.8, 4) is 12.1 Å². The van der Waals surface area contributed by atoms with Crippen molar-refractivity contribution in [2.24, 2.45) is 10.8 Å². The van der Waals surface area contributed by atoms with Crippen LogP contribution in [-0.4, -0.2) is 12.6 Å². The van der Waals surface area contributed by atoms with Gasteiger partial charge in [0, 0.05) is 6.42 Å². The molecule has 0 radical (unpaired) electrons. The lowest BCUT2D eigenvalue weighted by atomic mass is 9.60. The molecule has 22 heavy (non-hydrogen) atoms. The summed E-state index contributed by atoms with van der Waals surface area (Å²) in [5.74, 6) is -0.375. The maximum atomic E-state index is 12.6.